The van der Waals surface area contributed by atoms with E-state index in [1.807, 2.05) is 6.07 Å². The summed E-state index contributed by atoms with van der Waals surface area (Å²) in [5, 5.41) is 10.8. The van der Waals surface area contributed by atoms with Gasteiger partial charge in [-0.3, -0.25) is 0 Å². The molecular weight excluding hydrogens is 224 g/mol. The Balaban J connectivity index is 2.35. The van der Waals surface area contributed by atoms with Crippen LogP contribution in [0, 0.1) is 25.7 Å². The van der Waals surface area contributed by atoms with E-state index < -0.39 is 5.60 Å². The van der Waals surface area contributed by atoms with Gasteiger partial charge in [-0.15, -0.1) is 0 Å². The van der Waals surface area contributed by atoms with Gasteiger partial charge >= 0.3 is 0 Å². The fourth-order valence-electron chi connectivity index (χ4n) is 3.17. The van der Waals surface area contributed by atoms with Crippen LogP contribution >= 0.6 is 0 Å². The fourth-order valence-corrected chi connectivity index (χ4v) is 3.17. The van der Waals surface area contributed by atoms with E-state index >= 15 is 0 Å². The summed E-state index contributed by atoms with van der Waals surface area (Å²) in [4.78, 5) is 0. The Bertz CT molecular complexity index is 443. The summed E-state index contributed by atoms with van der Waals surface area (Å²) in [5.74, 6) is 2.10. The molecule has 1 aliphatic carbocycles. The van der Waals surface area contributed by atoms with Crippen LogP contribution in [0.3, 0.4) is 0 Å². The number of aliphatic hydroxyl groups is 1. The molecule has 1 fully saturated rings. The first kappa shape index (κ1) is 13.4. The van der Waals surface area contributed by atoms with E-state index in [2.05, 4.69) is 33.8 Å². The average Bonchev–Trinajstić information content (AvgIpc) is 2.23. The second kappa shape index (κ2) is 4.58. The molecule has 0 unspecified atom stereocenters. The van der Waals surface area contributed by atoms with Crippen LogP contribution in [0.2, 0.25) is 0 Å². The standard InChI is InChI=1S/C16H24O2/c1-10(2)13-8-16(17,9-13)15-12(4)6-11(3)7-14(15)18-5/h6-7,10,13,17H,8-9H2,1-5H3. The molecule has 0 aliphatic heterocycles. The monoisotopic (exact) mass is 248 g/mol. The van der Waals surface area contributed by atoms with Crippen LogP contribution in [0.15, 0.2) is 12.1 Å². The third-order valence-corrected chi connectivity index (χ3v) is 4.27. The van der Waals surface area contributed by atoms with E-state index in [4.69, 9.17) is 4.74 Å². The molecule has 18 heavy (non-hydrogen) atoms. The summed E-state index contributed by atoms with van der Waals surface area (Å²) in [5.41, 5.74) is 2.62. The molecule has 0 spiro atoms. The second-order valence-electron chi connectivity index (χ2n) is 6.10. The van der Waals surface area contributed by atoms with Crippen molar-refractivity contribution in [2.24, 2.45) is 11.8 Å². The van der Waals surface area contributed by atoms with Crippen LogP contribution in [-0.2, 0) is 5.60 Å². The average molecular weight is 248 g/mol. The summed E-state index contributed by atoms with van der Waals surface area (Å²) in [6, 6.07) is 4.14. The predicted octanol–water partition coefficient (Wildman–Crippen LogP) is 3.57. The van der Waals surface area contributed by atoms with Gasteiger partial charge < -0.3 is 9.84 Å². The van der Waals surface area contributed by atoms with Crippen LogP contribution in [0.5, 0.6) is 5.75 Å². The Kier molecular flexibility index (Phi) is 3.41. The van der Waals surface area contributed by atoms with Crippen molar-refractivity contribution in [3.8, 4) is 5.75 Å². The second-order valence-corrected chi connectivity index (χ2v) is 6.10. The number of hydrogen-bond acceptors (Lipinski definition) is 2. The molecule has 2 nitrogen and oxygen atoms in total. The first-order valence-electron chi connectivity index (χ1n) is 6.75. The zero-order valence-corrected chi connectivity index (χ0v) is 12.1. The maximum absolute atomic E-state index is 10.8. The van der Waals surface area contributed by atoms with Crippen molar-refractivity contribution >= 4 is 0 Å². The maximum atomic E-state index is 10.8. The minimum Gasteiger partial charge on any atom is -0.496 e. The lowest BCUT2D eigenvalue weighted by atomic mass is 9.62. The molecule has 0 heterocycles. The van der Waals surface area contributed by atoms with Crippen molar-refractivity contribution in [3.63, 3.8) is 0 Å². The quantitative estimate of drug-likeness (QED) is 0.886. The summed E-state index contributed by atoms with van der Waals surface area (Å²) >= 11 is 0. The summed E-state index contributed by atoms with van der Waals surface area (Å²) in [6.07, 6.45) is 1.70. The molecule has 1 N–H and O–H groups in total. The minimum atomic E-state index is -0.682. The van der Waals surface area contributed by atoms with Gasteiger partial charge in [0.2, 0.25) is 0 Å². The molecule has 0 aromatic heterocycles. The third-order valence-electron chi connectivity index (χ3n) is 4.27. The number of aryl methyl sites for hydroxylation is 2. The third kappa shape index (κ3) is 2.14. The minimum absolute atomic E-state index is 0.625. The molecule has 1 saturated carbocycles. The molecule has 1 aliphatic rings. The van der Waals surface area contributed by atoms with Crippen molar-refractivity contribution in [1.29, 1.82) is 0 Å². The predicted molar refractivity (Wildman–Crippen MR) is 73.9 cm³/mol. The van der Waals surface area contributed by atoms with Crippen LogP contribution in [-0.4, -0.2) is 12.2 Å². The lowest BCUT2D eigenvalue weighted by Crippen LogP contribution is -2.44. The maximum Gasteiger partial charge on any atom is 0.125 e. The lowest BCUT2D eigenvalue weighted by Gasteiger charge is -2.47. The van der Waals surface area contributed by atoms with Gasteiger partial charge in [-0.25, -0.2) is 0 Å². The van der Waals surface area contributed by atoms with Crippen LogP contribution in [0.4, 0.5) is 0 Å². The van der Waals surface area contributed by atoms with Crippen molar-refractivity contribution in [3.05, 3.63) is 28.8 Å². The Morgan fingerprint density at radius 3 is 2.39 bits per heavy atom. The van der Waals surface area contributed by atoms with Crippen LogP contribution in [0.25, 0.3) is 0 Å². The molecule has 0 saturated heterocycles. The first-order chi connectivity index (χ1) is 8.37. The summed E-state index contributed by atoms with van der Waals surface area (Å²) in [6.45, 7) is 8.57. The van der Waals surface area contributed by atoms with Gasteiger partial charge in [0.25, 0.3) is 0 Å². The molecule has 0 bridgehead atoms. The number of methoxy groups -OCH3 is 1. The smallest absolute Gasteiger partial charge is 0.125 e. The van der Waals surface area contributed by atoms with Gasteiger partial charge in [-0.2, -0.15) is 0 Å². The molecule has 1 aromatic carbocycles. The zero-order chi connectivity index (χ0) is 13.5. The molecule has 0 radical (unpaired) electrons. The van der Waals surface area contributed by atoms with E-state index in [1.54, 1.807) is 7.11 Å². The van der Waals surface area contributed by atoms with Crippen molar-refractivity contribution in [2.45, 2.75) is 46.1 Å². The Labute approximate surface area is 110 Å². The zero-order valence-electron chi connectivity index (χ0n) is 12.1. The van der Waals surface area contributed by atoms with E-state index in [9.17, 15) is 5.11 Å². The highest BCUT2D eigenvalue weighted by atomic mass is 16.5. The van der Waals surface area contributed by atoms with E-state index in [0.717, 1.165) is 29.7 Å². The molecule has 2 rings (SSSR count). The van der Waals surface area contributed by atoms with E-state index in [-0.39, 0.29) is 0 Å². The van der Waals surface area contributed by atoms with Crippen molar-refractivity contribution < 1.29 is 9.84 Å². The van der Waals surface area contributed by atoms with E-state index in [0.29, 0.717) is 11.8 Å². The first-order valence-corrected chi connectivity index (χ1v) is 6.75. The summed E-state index contributed by atoms with van der Waals surface area (Å²) < 4.78 is 5.46. The molecule has 2 heteroatoms. The van der Waals surface area contributed by atoms with Crippen LogP contribution in [0.1, 0.15) is 43.4 Å². The molecule has 0 atom stereocenters. The van der Waals surface area contributed by atoms with Crippen molar-refractivity contribution in [2.75, 3.05) is 7.11 Å². The number of hydrogen-bond donors (Lipinski definition) is 1. The van der Waals surface area contributed by atoms with Gasteiger partial charge in [0, 0.05) is 5.56 Å². The fraction of sp³-hybridized carbons (Fsp3) is 0.625. The molecule has 100 valence electrons. The normalized spacial score (nSPS) is 27.2. The number of benzene rings is 1. The highest BCUT2D eigenvalue weighted by Crippen LogP contribution is 2.52. The highest BCUT2D eigenvalue weighted by molar-refractivity contribution is 5.47. The summed E-state index contributed by atoms with van der Waals surface area (Å²) in [7, 11) is 1.68. The Morgan fingerprint density at radius 2 is 1.89 bits per heavy atom. The number of ether oxygens (including phenoxy) is 1. The topological polar surface area (TPSA) is 29.5 Å². The van der Waals surface area contributed by atoms with Gasteiger partial charge in [0.05, 0.1) is 12.7 Å². The van der Waals surface area contributed by atoms with Gasteiger partial charge in [0.1, 0.15) is 5.75 Å². The van der Waals surface area contributed by atoms with E-state index in [1.165, 1.54) is 5.56 Å². The largest absolute Gasteiger partial charge is 0.496 e. The Morgan fingerprint density at radius 1 is 1.28 bits per heavy atom. The lowest BCUT2D eigenvalue weighted by molar-refractivity contribution is -0.0949. The molecule has 1 aromatic rings. The van der Waals surface area contributed by atoms with Gasteiger partial charge in [0.15, 0.2) is 0 Å². The SMILES string of the molecule is COc1cc(C)cc(C)c1C1(O)CC(C(C)C)C1. The highest BCUT2D eigenvalue weighted by Gasteiger charge is 2.47. The van der Waals surface area contributed by atoms with Crippen LogP contribution < -0.4 is 4.74 Å². The Hall–Kier alpha value is -1.02. The molecule has 0 amide bonds. The van der Waals surface area contributed by atoms with Crippen molar-refractivity contribution in [1.82, 2.24) is 0 Å². The molecular formula is C16H24O2. The van der Waals surface area contributed by atoms with Gasteiger partial charge in [-0.05, 0) is 55.7 Å². The van der Waals surface area contributed by atoms with Gasteiger partial charge in [-0.1, -0.05) is 19.9 Å². The number of rotatable bonds is 3.